The normalized spacial score (nSPS) is 11.3. The van der Waals surface area contributed by atoms with Crippen molar-refractivity contribution in [2.45, 2.75) is 31.6 Å². The molecule has 0 saturated carbocycles. The van der Waals surface area contributed by atoms with E-state index in [0.29, 0.717) is 5.92 Å². The first-order chi connectivity index (χ1) is 7.69. The van der Waals surface area contributed by atoms with Gasteiger partial charge in [-0.05, 0) is 28.9 Å². The van der Waals surface area contributed by atoms with Gasteiger partial charge in [0.05, 0.1) is 6.21 Å². The first kappa shape index (κ1) is 13.1. The molecule has 2 nitrogen and oxygen atoms in total. The number of benzene rings is 1. The van der Waals surface area contributed by atoms with E-state index in [4.69, 9.17) is 0 Å². The summed E-state index contributed by atoms with van der Waals surface area (Å²) in [7, 11) is 1.56. The summed E-state index contributed by atoms with van der Waals surface area (Å²) in [6, 6.07) is 6.43. The van der Waals surface area contributed by atoms with Crippen molar-refractivity contribution in [3.8, 4) is 0 Å². The van der Waals surface area contributed by atoms with E-state index < -0.39 is 0 Å². The summed E-state index contributed by atoms with van der Waals surface area (Å²) in [6.45, 7) is 6.61. The highest BCUT2D eigenvalue weighted by atomic mass is 32.2. The zero-order chi connectivity index (χ0) is 12.0. The van der Waals surface area contributed by atoms with E-state index in [2.05, 4.69) is 49.0 Å². The van der Waals surface area contributed by atoms with Crippen molar-refractivity contribution in [1.29, 1.82) is 0 Å². The maximum atomic E-state index is 4.69. The Morgan fingerprint density at radius 3 is 2.75 bits per heavy atom. The second kappa shape index (κ2) is 6.59. The molecule has 1 rings (SSSR count). The van der Waals surface area contributed by atoms with E-state index in [9.17, 15) is 0 Å². The summed E-state index contributed by atoms with van der Waals surface area (Å²) in [6.07, 6.45) is 1.74. The molecule has 0 aromatic heterocycles. The van der Waals surface area contributed by atoms with Gasteiger partial charge in [-0.2, -0.15) is 0 Å². The molecule has 1 aromatic rings. The molecule has 16 heavy (non-hydrogen) atoms. The average Bonchev–Trinajstić information content (AvgIpc) is 2.26. The van der Waals surface area contributed by atoms with Crippen LogP contribution in [0, 0.1) is 0 Å². The van der Waals surface area contributed by atoms with E-state index in [1.165, 1.54) is 10.5 Å². The number of thioether (sulfide) groups is 1. The van der Waals surface area contributed by atoms with Gasteiger partial charge in [0, 0.05) is 4.90 Å². The predicted octanol–water partition coefficient (Wildman–Crippen LogP) is 3.90. The highest BCUT2D eigenvalue weighted by molar-refractivity contribution is 7.99. The standard InChI is InChI=1S/C13H19NOS/c1-5-16-13-8-11(9-14-15-4)6-7-12(13)10(2)3/h6-10H,5H2,1-4H3/b14-9+. The quantitative estimate of drug-likeness (QED) is 0.440. The van der Waals surface area contributed by atoms with Crippen LogP contribution in [0.15, 0.2) is 28.3 Å². The first-order valence-corrected chi connectivity index (χ1v) is 6.50. The molecule has 1 aromatic carbocycles. The molecule has 0 saturated heterocycles. The SMILES string of the molecule is CCSc1cc(/C=N/OC)ccc1C(C)C. The second-order valence-corrected chi connectivity index (χ2v) is 5.11. The highest BCUT2D eigenvalue weighted by Gasteiger charge is 2.06. The Hall–Kier alpha value is -0.960. The molecule has 0 fully saturated rings. The van der Waals surface area contributed by atoms with Crippen LogP contribution in [0.2, 0.25) is 0 Å². The Morgan fingerprint density at radius 2 is 2.19 bits per heavy atom. The van der Waals surface area contributed by atoms with Gasteiger partial charge in [0.15, 0.2) is 0 Å². The molecule has 88 valence electrons. The molecule has 3 heteroatoms. The molecule has 0 N–H and O–H groups in total. The summed E-state index contributed by atoms with van der Waals surface area (Å²) in [5.41, 5.74) is 2.49. The van der Waals surface area contributed by atoms with Crippen LogP contribution in [-0.2, 0) is 4.84 Å². The van der Waals surface area contributed by atoms with Gasteiger partial charge in [-0.1, -0.05) is 38.1 Å². The van der Waals surface area contributed by atoms with Gasteiger partial charge in [-0.25, -0.2) is 0 Å². The summed E-state index contributed by atoms with van der Waals surface area (Å²) < 4.78 is 0. The van der Waals surface area contributed by atoms with Crippen LogP contribution in [-0.4, -0.2) is 19.1 Å². The fourth-order valence-corrected chi connectivity index (χ4v) is 2.50. The maximum absolute atomic E-state index is 4.69. The van der Waals surface area contributed by atoms with Crippen molar-refractivity contribution in [2.75, 3.05) is 12.9 Å². The molecule has 0 aliphatic heterocycles. The Bertz CT molecular complexity index is 361. The van der Waals surface area contributed by atoms with E-state index >= 15 is 0 Å². The molecular weight excluding hydrogens is 218 g/mol. The van der Waals surface area contributed by atoms with Crippen molar-refractivity contribution in [3.05, 3.63) is 29.3 Å². The monoisotopic (exact) mass is 237 g/mol. The summed E-state index contributed by atoms with van der Waals surface area (Å²) in [5, 5.41) is 3.78. The highest BCUT2D eigenvalue weighted by Crippen LogP contribution is 2.29. The summed E-state index contributed by atoms with van der Waals surface area (Å²) >= 11 is 1.88. The fraction of sp³-hybridized carbons (Fsp3) is 0.462. The van der Waals surface area contributed by atoms with E-state index in [-0.39, 0.29) is 0 Å². The van der Waals surface area contributed by atoms with Crippen molar-refractivity contribution >= 4 is 18.0 Å². The molecule has 0 radical (unpaired) electrons. The Kier molecular flexibility index (Phi) is 5.39. The van der Waals surface area contributed by atoms with Gasteiger partial charge in [-0.15, -0.1) is 11.8 Å². The summed E-state index contributed by atoms with van der Waals surface area (Å²) in [5.74, 6) is 1.65. The second-order valence-electron chi connectivity index (χ2n) is 3.80. The van der Waals surface area contributed by atoms with Crippen LogP contribution in [0.3, 0.4) is 0 Å². The van der Waals surface area contributed by atoms with Crippen LogP contribution < -0.4 is 0 Å². The van der Waals surface area contributed by atoms with Crippen molar-refractivity contribution in [1.82, 2.24) is 0 Å². The molecular formula is C13H19NOS. The molecule has 0 heterocycles. The van der Waals surface area contributed by atoms with Crippen LogP contribution in [0.4, 0.5) is 0 Å². The van der Waals surface area contributed by atoms with Gasteiger partial charge in [0.1, 0.15) is 7.11 Å². The smallest absolute Gasteiger partial charge is 0.106 e. The minimum absolute atomic E-state index is 0.558. The maximum Gasteiger partial charge on any atom is 0.106 e. The Morgan fingerprint density at radius 1 is 1.44 bits per heavy atom. The molecule has 0 unspecified atom stereocenters. The topological polar surface area (TPSA) is 21.6 Å². The van der Waals surface area contributed by atoms with Crippen LogP contribution in [0.25, 0.3) is 0 Å². The molecule has 0 spiro atoms. The Balaban J connectivity index is 3.01. The van der Waals surface area contributed by atoms with Crippen LogP contribution >= 0.6 is 11.8 Å². The molecule has 0 bridgehead atoms. The number of nitrogens with zero attached hydrogens (tertiary/aromatic N) is 1. The zero-order valence-corrected chi connectivity index (χ0v) is 11.2. The number of hydrogen-bond acceptors (Lipinski definition) is 3. The zero-order valence-electron chi connectivity index (χ0n) is 10.4. The molecule has 0 aliphatic carbocycles. The first-order valence-electron chi connectivity index (χ1n) is 5.52. The molecule has 0 atom stereocenters. The summed E-state index contributed by atoms with van der Waals surface area (Å²) in [4.78, 5) is 6.03. The lowest BCUT2D eigenvalue weighted by molar-refractivity contribution is 0.215. The fourth-order valence-electron chi connectivity index (χ4n) is 1.50. The minimum Gasteiger partial charge on any atom is -0.399 e. The Labute approximate surface area is 102 Å². The van der Waals surface area contributed by atoms with Crippen molar-refractivity contribution < 1.29 is 4.84 Å². The molecule has 0 amide bonds. The van der Waals surface area contributed by atoms with Crippen molar-refractivity contribution in [2.24, 2.45) is 5.16 Å². The largest absolute Gasteiger partial charge is 0.399 e. The third-order valence-electron chi connectivity index (χ3n) is 2.27. The number of oxime groups is 1. The van der Waals surface area contributed by atoms with E-state index in [1.807, 2.05) is 11.8 Å². The minimum atomic E-state index is 0.558. The van der Waals surface area contributed by atoms with Gasteiger partial charge >= 0.3 is 0 Å². The third-order valence-corrected chi connectivity index (χ3v) is 3.22. The van der Waals surface area contributed by atoms with Gasteiger partial charge < -0.3 is 4.84 Å². The van der Waals surface area contributed by atoms with E-state index in [0.717, 1.165) is 11.3 Å². The number of hydrogen-bond donors (Lipinski definition) is 0. The van der Waals surface area contributed by atoms with Crippen molar-refractivity contribution in [3.63, 3.8) is 0 Å². The van der Waals surface area contributed by atoms with Crippen LogP contribution in [0.1, 0.15) is 37.8 Å². The predicted molar refractivity (Wildman–Crippen MR) is 71.5 cm³/mol. The number of rotatable bonds is 5. The van der Waals surface area contributed by atoms with Gasteiger partial charge in [0.25, 0.3) is 0 Å². The lowest BCUT2D eigenvalue weighted by atomic mass is 10.0. The van der Waals surface area contributed by atoms with Crippen LogP contribution in [0.5, 0.6) is 0 Å². The lowest BCUT2D eigenvalue weighted by Crippen LogP contribution is -1.93. The van der Waals surface area contributed by atoms with E-state index in [1.54, 1.807) is 13.3 Å². The molecule has 0 aliphatic rings. The van der Waals surface area contributed by atoms with Gasteiger partial charge in [0.2, 0.25) is 0 Å². The average molecular weight is 237 g/mol. The lowest BCUT2D eigenvalue weighted by Gasteiger charge is -2.12. The third kappa shape index (κ3) is 3.56. The van der Waals surface area contributed by atoms with Gasteiger partial charge in [-0.3, -0.25) is 0 Å².